The Morgan fingerprint density at radius 1 is 1.44 bits per heavy atom. The van der Waals surface area contributed by atoms with Crippen molar-refractivity contribution in [2.24, 2.45) is 18.9 Å². The zero-order valence-electron chi connectivity index (χ0n) is 10.3. The first-order valence-electron chi connectivity index (χ1n) is 6.36. The van der Waals surface area contributed by atoms with E-state index in [0.29, 0.717) is 5.92 Å². The Labute approximate surface area is 97.5 Å². The Balaban J connectivity index is 1.93. The highest BCUT2D eigenvalue weighted by molar-refractivity contribution is 5.02. The van der Waals surface area contributed by atoms with E-state index in [9.17, 15) is 5.11 Å². The highest BCUT2D eigenvalue weighted by Gasteiger charge is 2.27. The van der Waals surface area contributed by atoms with Gasteiger partial charge in [0.15, 0.2) is 0 Å². The van der Waals surface area contributed by atoms with Crippen LogP contribution in [0, 0.1) is 11.8 Å². The minimum absolute atomic E-state index is 0.362. The molecular formula is C13H22N2O. The molecule has 1 aliphatic carbocycles. The molecule has 0 spiro atoms. The first-order chi connectivity index (χ1) is 7.70. The van der Waals surface area contributed by atoms with E-state index in [1.54, 1.807) is 6.33 Å². The van der Waals surface area contributed by atoms with Crippen molar-refractivity contribution in [3.8, 4) is 0 Å². The number of aliphatic hydroxyl groups excluding tert-OH is 1. The molecule has 90 valence electrons. The van der Waals surface area contributed by atoms with Crippen molar-refractivity contribution in [1.82, 2.24) is 9.55 Å². The minimum Gasteiger partial charge on any atom is -0.386 e. The van der Waals surface area contributed by atoms with E-state index in [2.05, 4.69) is 11.9 Å². The van der Waals surface area contributed by atoms with Crippen LogP contribution in [-0.2, 0) is 7.05 Å². The fourth-order valence-corrected chi connectivity index (χ4v) is 2.74. The summed E-state index contributed by atoms with van der Waals surface area (Å²) in [6, 6.07) is 0. The second-order valence-electron chi connectivity index (χ2n) is 5.10. The minimum atomic E-state index is -0.362. The molecule has 1 saturated carbocycles. The van der Waals surface area contributed by atoms with Gasteiger partial charge in [0.2, 0.25) is 0 Å². The lowest BCUT2D eigenvalue weighted by molar-refractivity contribution is 0.0698. The Morgan fingerprint density at radius 2 is 2.12 bits per heavy atom. The highest BCUT2D eigenvalue weighted by Crippen LogP contribution is 2.37. The fraction of sp³-hybridized carbons (Fsp3) is 0.769. The van der Waals surface area contributed by atoms with E-state index < -0.39 is 0 Å². The molecule has 1 unspecified atom stereocenters. The van der Waals surface area contributed by atoms with Crippen LogP contribution in [0.1, 0.15) is 50.8 Å². The maximum atomic E-state index is 10.2. The van der Waals surface area contributed by atoms with Gasteiger partial charge in [-0.3, -0.25) is 0 Å². The Hall–Kier alpha value is -0.830. The lowest BCUT2D eigenvalue weighted by Gasteiger charge is -2.30. The zero-order valence-corrected chi connectivity index (χ0v) is 10.3. The second-order valence-corrected chi connectivity index (χ2v) is 5.10. The highest BCUT2D eigenvalue weighted by atomic mass is 16.3. The molecule has 1 aliphatic rings. The van der Waals surface area contributed by atoms with Crippen molar-refractivity contribution in [1.29, 1.82) is 0 Å². The predicted molar refractivity (Wildman–Crippen MR) is 63.9 cm³/mol. The van der Waals surface area contributed by atoms with Crippen LogP contribution in [0.3, 0.4) is 0 Å². The van der Waals surface area contributed by atoms with Gasteiger partial charge in [0.25, 0.3) is 0 Å². The molecule has 3 nitrogen and oxygen atoms in total. The van der Waals surface area contributed by atoms with Gasteiger partial charge in [0.05, 0.1) is 12.0 Å². The average molecular weight is 222 g/mol. The van der Waals surface area contributed by atoms with Gasteiger partial charge in [-0.25, -0.2) is 4.98 Å². The average Bonchev–Trinajstić information content (AvgIpc) is 2.75. The van der Waals surface area contributed by atoms with Crippen LogP contribution >= 0.6 is 0 Å². The van der Waals surface area contributed by atoms with Crippen molar-refractivity contribution in [3.05, 3.63) is 18.2 Å². The first kappa shape index (κ1) is 11.6. The molecule has 1 N–H and O–H groups in total. The SMILES string of the molecule is CCC1CCC(C(O)c2cn(C)cn2)CC1. The molecule has 1 aromatic heterocycles. The van der Waals surface area contributed by atoms with Gasteiger partial charge in [-0.05, 0) is 24.7 Å². The lowest BCUT2D eigenvalue weighted by atomic mass is 9.78. The Kier molecular flexibility index (Phi) is 3.64. The molecule has 0 bridgehead atoms. The monoisotopic (exact) mass is 222 g/mol. The summed E-state index contributed by atoms with van der Waals surface area (Å²) in [5.74, 6) is 1.30. The summed E-state index contributed by atoms with van der Waals surface area (Å²) in [7, 11) is 1.94. The largest absolute Gasteiger partial charge is 0.386 e. The van der Waals surface area contributed by atoms with Crippen LogP contribution in [0.4, 0.5) is 0 Å². The number of hydrogen-bond donors (Lipinski definition) is 1. The van der Waals surface area contributed by atoms with Gasteiger partial charge in [0.1, 0.15) is 6.10 Å². The predicted octanol–water partition coefficient (Wildman–Crippen LogP) is 2.67. The normalized spacial score (nSPS) is 27.9. The van der Waals surface area contributed by atoms with Crippen molar-refractivity contribution < 1.29 is 5.11 Å². The van der Waals surface area contributed by atoms with Gasteiger partial charge >= 0.3 is 0 Å². The van der Waals surface area contributed by atoms with Gasteiger partial charge in [-0.15, -0.1) is 0 Å². The van der Waals surface area contributed by atoms with Crippen LogP contribution in [0.2, 0.25) is 0 Å². The molecule has 1 heterocycles. The molecule has 0 aromatic carbocycles. The summed E-state index contributed by atoms with van der Waals surface area (Å²) in [4.78, 5) is 4.24. The Bertz CT molecular complexity index is 326. The molecule has 16 heavy (non-hydrogen) atoms. The Morgan fingerprint density at radius 3 is 2.62 bits per heavy atom. The molecule has 1 atom stereocenters. The van der Waals surface area contributed by atoms with E-state index in [1.165, 1.54) is 19.3 Å². The third-order valence-electron chi connectivity index (χ3n) is 3.94. The van der Waals surface area contributed by atoms with Gasteiger partial charge in [-0.1, -0.05) is 26.2 Å². The van der Waals surface area contributed by atoms with E-state index in [-0.39, 0.29) is 6.10 Å². The standard InChI is InChI=1S/C13H22N2O/c1-3-10-4-6-11(7-5-10)13(16)12-8-15(2)9-14-12/h8-11,13,16H,3-7H2,1-2H3. The summed E-state index contributed by atoms with van der Waals surface area (Å²) in [6.07, 6.45) is 9.45. The zero-order chi connectivity index (χ0) is 11.5. The van der Waals surface area contributed by atoms with Crippen LogP contribution in [0.25, 0.3) is 0 Å². The van der Waals surface area contributed by atoms with E-state index in [1.807, 2.05) is 17.8 Å². The summed E-state index contributed by atoms with van der Waals surface area (Å²) in [5, 5.41) is 10.2. The smallest absolute Gasteiger partial charge is 0.100 e. The number of aryl methyl sites for hydroxylation is 1. The fourth-order valence-electron chi connectivity index (χ4n) is 2.74. The van der Waals surface area contributed by atoms with Crippen LogP contribution in [0.5, 0.6) is 0 Å². The van der Waals surface area contributed by atoms with Crippen molar-refractivity contribution >= 4 is 0 Å². The quantitative estimate of drug-likeness (QED) is 0.853. The molecular weight excluding hydrogens is 200 g/mol. The van der Waals surface area contributed by atoms with Crippen LogP contribution < -0.4 is 0 Å². The molecule has 1 fully saturated rings. The summed E-state index contributed by atoms with van der Waals surface area (Å²) >= 11 is 0. The van der Waals surface area contributed by atoms with Crippen LogP contribution in [-0.4, -0.2) is 14.7 Å². The van der Waals surface area contributed by atoms with E-state index in [4.69, 9.17) is 0 Å². The number of rotatable bonds is 3. The molecule has 1 aromatic rings. The van der Waals surface area contributed by atoms with Crippen molar-refractivity contribution in [2.75, 3.05) is 0 Å². The molecule has 3 heteroatoms. The molecule has 0 amide bonds. The first-order valence-corrected chi connectivity index (χ1v) is 6.36. The summed E-state index contributed by atoms with van der Waals surface area (Å²) < 4.78 is 1.90. The van der Waals surface area contributed by atoms with Gasteiger partial charge < -0.3 is 9.67 Å². The number of aromatic nitrogens is 2. The van der Waals surface area contributed by atoms with Crippen molar-refractivity contribution in [2.45, 2.75) is 45.1 Å². The number of hydrogen-bond acceptors (Lipinski definition) is 2. The number of imidazole rings is 1. The van der Waals surface area contributed by atoms with E-state index >= 15 is 0 Å². The van der Waals surface area contributed by atoms with Crippen LogP contribution in [0.15, 0.2) is 12.5 Å². The van der Waals surface area contributed by atoms with Crippen molar-refractivity contribution in [3.63, 3.8) is 0 Å². The third-order valence-corrected chi connectivity index (χ3v) is 3.94. The summed E-state index contributed by atoms with van der Waals surface area (Å²) in [6.45, 7) is 2.26. The number of nitrogens with zero attached hydrogens (tertiary/aromatic N) is 2. The second kappa shape index (κ2) is 5.00. The molecule has 0 radical (unpaired) electrons. The maximum absolute atomic E-state index is 10.2. The maximum Gasteiger partial charge on any atom is 0.100 e. The summed E-state index contributed by atoms with van der Waals surface area (Å²) in [5.41, 5.74) is 0.836. The van der Waals surface area contributed by atoms with Gasteiger partial charge in [0, 0.05) is 13.2 Å². The third kappa shape index (κ3) is 2.46. The molecule has 0 saturated heterocycles. The topological polar surface area (TPSA) is 38.0 Å². The number of aliphatic hydroxyl groups is 1. The van der Waals surface area contributed by atoms with Gasteiger partial charge in [-0.2, -0.15) is 0 Å². The van der Waals surface area contributed by atoms with E-state index in [0.717, 1.165) is 24.5 Å². The lowest BCUT2D eigenvalue weighted by Crippen LogP contribution is -2.20. The molecule has 0 aliphatic heterocycles. The molecule has 2 rings (SSSR count).